The first-order chi connectivity index (χ1) is 9.26. The smallest absolute Gasteiger partial charge is 0.134 e. The molecule has 1 N–H and O–H groups in total. The maximum Gasteiger partial charge on any atom is 0.134 e. The molecule has 3 heteroatoms. The molecule has 0 amide bonds. The first kappa shape index (κ1) is 14.4. The molecule has 0 aliphatic heterocycles. The fourth-order valence-electron chi connectivity index (χ4n) is 2.24. The average Bonchev–Trinajstić information content (AvgIpc) is 2.43. The van der Waals surface area contributed by atoms with E-state index in [1.165, 1.54) is 10.8 Å². The summed E-state index contributed by atoms with van der Waals surface area (Å²) in [5.41, 5.74) is 0. The van der Waals surface area contributed by atoms with Gasteiger partial charge in [-0.25, -0.2) is 0 Å². The Hall–Kier alpha value is -1.06. The van der Waals surface area contributed by atoms with Gasteiger partial charge in [-0.05, 0) is 46.2 Å². The number of likely N-dealkylation sites (N-methyl/N-ethyl adjacent to an activating group) is 1. The van der Waals surface area contributed by atoms with Crippen molar-refractivity contribution in [3.8, 4) is 5.75 Å². The summed E-state index contributed by atoms with van der Waals surface area (Å²) in [6, 6.07) is 12.5. The lowest BCUT2D eigenvalue weighted by Gasteiger charge is -2.19. The first-order valence-corrected chi connectivity index (χ1v) is 7.54. The van der Waals surface area contributed by atoms with Gasteiger partial charge in [0.1, 0.15) is 11.9 Å². The lowest BCUT2D eigenvalue weighted by molar-refractivity contribution is 0.188. The predicted octanol–water partition coefficient (Wildman–Crippen LogP) is 4.37. The molecule has 0 bridgehead atoms. The Morgan fingerprint density at radius 2 is 2.00 bits per heavy atom. The van der Waals surface area contributed by atoms with Crippen molar-refractivity contribution in [3.63, 3.8) is 0 Å². The highest BCUT2D eigenvalue weighted by atomic mass is 79.9. The van der Waals surface area contributed by atoms with Crippen molar-refractivity contribution in [2.75, 3.05) is 13.6 Å². The molecule has 0 heterocycles. The first-order valence-electron chi connectivity index (χ1n) is 6.74. The Bertz CT molecular complexity index is 535. The SMILES string of the molecule is CCCC(CNC)Oc1ccc2ccccc2c1Br. The van der Waals surface area contributed by atoms with Crippen LogP contribution >= 0.6 is 15.9 Å². The third-order valence-corrected chi connectivity index (χ3v) is 3.98. The van der Waals surface area contributed by atoms with Crippen LogP contribution in [0.2, 0.25) is 0 Å². The molecule has 2 aromatic carbocycles. The number of fused-ring (bicyclic) bond motifs is 1. The number of ether oxygens (including phenoxy) is 1. The Morgan fingerprint density at radius 1 is 1.21 bits per heavy atom. The van der Waals surface area contributed by atoms with Crippen molar-refractivity contribution < 1.29 is 4.74 Å². The quantitative estimate of drug-likeness (QED) is 0.853. The van der Waals surface area contributed by atoms with Crippen LogP contribution in [0, 0.1) is 0 Å². The summed E-state index contributed by atoms with van der Waals surface area (Å²) in [6.07, 6.45) is 2.39. The van der Waals surface area contributed by atoms with Crippen LogP contribution in [0.15, 0.2) is 40.9 Å². The standard InChI is InChI=1S/C16H20BrNO/c1-3-6-13(11-18-2)19-15-10-9-12-7-4-5-8-14(12)16(15)17/h4-5,7-10,13,18H,3,6,11H2,1-2H3. The second-order valence-electron chi connectivity index (χ2n) is 4.69. The molecule has 0 saturated heterocycles. The average molecular weight is 322 g/mol. The van der Waals surface area contributed by atoms with E-state index >= 15 is 0 Å². The molecule has 102 valence electrons. The van der Waals surface area contributed by atoms with E-state index in [1.54, 1.807) is 0 Å². The van der Waals surface area contributed by atoms with Crippen LogP contribution in [0.1, 0.15) is 19.8 Å². The van der Waals surface area contributed by atoms with E-state index in [-0.39, 0.29) is 6.10 Å². The van der Waals surface area contributed by atoms with Gasteiger partial charge in [0.05, 0.1) is 4.47 Å². The van der Waals surface area contributed by atoms with Crippen molar-refractivity contribution >= 4 is 26.7 Å². The van der Waals surface area contributed by atoms with E-state index in [9.17, 15) is 0 Å². The lowest BCUT2D eigenvalue weighted by atomic mass is 10.1. The zero-order chi connectivity index (χ0) is 13.7. The van der Waals surface area contributed by atoms with Gasteiger partial charge >= 0.3 is 0 Å². The molecule has 0 aliphatic carbocycles. The highest BCUT2D eigenvalue weighted by Gasteiger charge is 2.12. The van der Waals surface area contributed by atoms with Crippen LogP contribution in [0.3, 0.4) is 0 Å². The minimum Gasteiger partial charge on any atom is -0.488 e. The molecular formula is C16H20BrNO. The third kappa shape index (κ3) is 3.48. The zero-order valence-corrected chi connectivity index (χ0v) is 13.0. The minimum absolute atomic E-state index is 0.215. The third-order valence-electron chi connectivity index (χ3n) is 3.16. The summed E-state index contributed by atoms with van der Waals surface area (Å²) in [5.74, 6) is 0.924. The topological polar surface area (TPSA) is 21.3 Å². The molecule has 0 saturated carbocycles. The molecule has 2 nitrogen and oxygen atoms in total. The molecule has 1 atom stereocenters. The highest BCUT2D eigenvalue weighted by molar-refractivity contribution is 9.10. The Labute approximate surface area is 123 Å². The van der Waals surface area contributed by atoms with Gasteiger partial charge in [-0.3, -0.25) is 0 Å². The van der Waals surface area contributed by atoms with Crippen molar-refractivity contribution in [2.24, 2.45) is 0 Å². The van der Waals surface area contributed by atoms with E-state index < -0.39 is 0 Å². The van der Waals surface area contributed by atoms with Gasteiger partial charge in [-0.1, -0.05) is 43.7 Å². The summed E-state index contributed by atoms with van der Waals surface area (Å²) in [6.45, 7) is 3.05. The molecule has 0 aromatic heterocycles. The summed E-state index contributed by atoms with van der Waals surface area (Å²) >= 11 is 3.67. The van der Waals surface area contributed by atoms with E-state index in [1.807, 2.05) is 19.2 Å². The van der Waals surface area contributed by atoms with Crippen molar-refractivity contribution in [3.05, 3.63) is 40.9 Å². The van der Waals surface area contributed by atoms with Crippen LogP contribution < -0.4 is 10.1 Å². The lowest BCUT2D eigenvalue weighted by Crippen LogP contribution is -2.29. The van der Waals surface area contributed by atoms with E-state index in [2.05, 4.69) is 52.4 Å². The Morgan fingerprint density at radius 3 is 2.74 bits per heavy atom. The zero-order valence-electron chi connectivity index (χ0n) is 11.4. The summed E-state index contributed by atoms with van der Waals surface area (Å²) < 4.78 is 7.17. The summed E-state index contributed by atoms with van der Waals surface area (Å²) in [5, 5.41) is 5.61. The Balaban J connectivity index is 2.26. The van der Waals surface area contributed by atoms with E-state index in [0.29, 0.717) is 0 Å². The number of hydrogen-bond donors (Lipinski definition) is 1. The molecule has 1 unspecified atom stereocenters. The number of halogens is 1. The van der Waals surface area contributed by atoms with Crippen LogP contribution in [0.25, 0.3) is 10.8 Å². The Kier molecular flexibility index (Phi) is 5.23. The van der Waals surface area contributed by atoms with Crippen LogP contribution in [0.5, 0.6) is 5.75 Å². The molecule has 0 radical (unpaired) electrons. The van der Waals surface area contributed by atoms with E-state index in [0.717, 1.165) is 29.6 Å². The number of hydrogen-bond acceptors (Lipinski definition) is 2. The molecule has 19 heavy (non-hydrogen) atoms. The molecule has 0 aliphatic rings. The second kappa shape index (κ2) is 6.92. The van der Waals surface area contributed by atoms with Gasteiger partial charge < -0.3 is 10.1 Å². The second-order valence-corrected chi connectivity index (χ2v) is 5.48. The number of nitrogens with one attached hydrogen (secondary N) is 1. The van der Waals surface area contributed by atoms with Crippen LogP contribution in [-0.4, -0.2) is 19.7 Å². The van der Waals surface area contributed by atoms with Gasteiger partial charge in [0, 0.05) is 6.54 Å². The van der Waals surface area contributed by atoms with E-state index in [4.69, 9.17) is 4.74 Å². The minimum atomic E-state index is 0.215. The van der Waals surface area contributed by atoms with Gasteiger partial charge in [0.2, 0.25) is 0 Å². The molecule has 2 aromatic rings. The van der Waals surface area contributed by atoms with Gasteiger partial charge in [-0.15, -0.1) is 0 Å². The molecule has 0 spiro atoms. The van der Waals surface area contributed by atoms with Gasteiger partial charge in [0.15, 0.2) is 0 Å². The maximum absolute atomic E-state index is 6.12. The fraction of sp³-hybridized carbons (Fsp3) is 0.375. The summed E-state index contributed by atoms with van der Waals surface area (Å²) in [4.78, 5) is 0. The largest absolute Gasteiger partial charge is 0.488 e. The van der Waals surface area contributed by atoms with Gasteiger partial charge in [0.25, 0.3) is 0 Å². The van der Waals surface area contributed by atoms with Crippen molar-refractivity contribution in [1.82, 2.24) is 5.32 Å². The normalized spacial score (nSPS) is 12.6. The summed E-state index contributed by atoms with van der Waals surface area (Å²) in [7, 11) is 1.96. The predicted molar refractivity (Wildman–Crippen MR) is 84.9 cm³/mol. The van der Waals surface area contributed by atoms with Crippen LogP contribution in [-0.2, 0) is 0 Å². The number of rotatable bonds is 6. The number of benzene rings is 2. The van der Waals surface area contributed by atoms with Crippen LogP contribution in [0.4, 0.5) is 0 Å². The highest BCUT2D eigenvalue weighted by Crippen LogP contribution is 2.33. The van der Waals surface area contributed by atoms with Crippen molar-refractivity contribution in [1.29, 1.82) is 0 Å². The molecular weight excluding hydrogens is 302 g/mol. The fourth-order valence-corrected chi connectivity index (χ4v) is 2.82. The van der Waals surface area contributed by atoms with Gasteiger partial charge in [-0.2, -0.15) is 0 Å². The van der Waals surface area contributed by atoms with Crippen molar-refractivity contribution in [2.45, 2.75) is 25.9 Å². The molecule has 0 fully saturated rings. The monoisotopic (exact) mass is 321 g/mol. The molecule has 2 rings (SSSR count). The maximum atomic E-state index is 6.12.